The lowest BCUT2D eigenvalue weighted by Gasteiger charge is -2.02. The van der Waals surface area contributed by atoms with E-state index in [1.807, 2.05) is 49.4 Å². The maximum absolute atomic E-state index is 11.2. The van der Waals surface area contributed by atoms with Gasteiger partial charge in [-0.1, -0.05) is 0 Å². The summed E-state index contributed by atoms with van der Waals surface area (Å²) in [4.78, 5) is 21.0. The second kappa shape index (κ2) is 5.66. The Labute approximate surface area is 121 Å². The molecule has 3 aromatic rings. The number of hydrogen-bond acceptors (Lipinski definition) is 3. The summed E-state index contributed by atoms with van der Waals surface area (Å²) < 4.78 is 5.39. The van der Waals surface area contributed by atoms with Crippen LogP contribution in [0.4, 0.5) is 5.69 Å². The number of hydrogen-bond donors (Lipinski definition) is 2. The number of aromatic amines is 2. The van der Waals surface area contributed by atoms with E-state index in [9.17, 15) is 4.79 Å². The largest absolute Gasteiger partial charge is 0.494 e. The van der Waals surface area contributed by atoms with E-state index in [4.69, 9.17) is 4.74 Å². The second-order valence-corrected chi connectivity index (χ2v) is 4.57. The summed E-state index contributed by atoms with van der Waals surface area (Å²) in [5, 5.41) is 0. The molecular formula is C16H15N3O2. The molecule has 0 bridgehead atoms. The van der Waals surface area contributed by atoms with E-state index in [0.717, 1.165) is 28.0 Å². The van der Waals surface area contributed by atoms with Crippen molar-refractivity contribution in [3.05, 3.63) is 58.5 Å². The van der Waals surface area contributed by atoms with Crippen molar-refractivity contribution >= 4 is 22.9 Å². The first kappa shape index (κ1) is 13.2. The van der Waals surface area contributed by atoms with Gasteiger partial charge in [0.15, 0.2) is 0 Å². The van der Waals surface area contributed by atoms with Crippen LogP contribution in [-0.2, 0) is 0 Å². The highest BCUT2D eigenvalue weighted by Gasteiger charge is 1.98. The van der Waals surface area contributed by atoms with Gasteiger partial charge in [0.2, 0.25) is 0 Å². The minimum absolute atomic E-state index is 0.211. The third-order valence-electron chi connectivity index (χ3n) is 3.05. The van der Waals surface area contributed by atoms with E-state index in [-0.39, 0.29) is 5.69 Å². The van der Waals surface area contributed by atoms with Crippen LogP contribution in [-0.4, -0.2) is 22.8 Å². The second-order valence-electron chi connectivity index (χ2n) is 4.57. The Morgan fingerprint density at radius 3 is 2.62 bits per heavy atom. The van der Waals surface area contributed by atoms with Gasteiger partial charge in [0.05, 0.1) is 23.3 Å². The molecule has 21 heavy (non-hydrogen) atoms. The molecule has 0 fully saturated rings. The summed E-state index contributed by atoms with van der Waals surface area (Å²) in [7, 11) is 0. The fourth-order valence-electron chi connectivity index (χ4n) is 2.07. The van der Waals surface area contributed by atoms with E-state index in [0.29, 0.717) is 6.61 Å². The molecule has 106 valence electrons. The van der Waals surface area contributed by atoms with Crippen molar-refractivity contribution in [3.63, 3.8) is 0 Å². The number of benzene rings is 2. The molecule has 1 heterocycles. The van der Waals surface area contributed by atoms with Crippen LogP contribution in [0, 0.1) is 0 Å². The zero-order valence-electron chi connectivity index (χ0n) is 11.6. The molecule has 0 aliphatic rings. The fourth-order valence-corrected chi connectivity index (χ4v) is 2.07. The predicted octanol–water partition coefficient (Wildman–Crippen LogP) is 3.01. The Morgan fingerprint density at radius 1 is 1.10 bits per heavy atom. The number of H-pyrrole nitrogens is 2. The minimum Gasteiger partial charge on any atom is -0.494 e. The normalized spacial score (nSPS) is 11.3. The van der Waals surface area contributed by atoms with Crippen LogP contribution in [0.2, 0.25) is 0 Å². The highest BCUT2D eigenvalue weighted by Crippen LogP contribution is 2.18. The molecule has 0 aliphatic carbocycles. The predicted molar refractivity (Wildman–Crippen MR) is 83.8 cm³/mol. The van der Waals surface area contributed by atoms with Crippen molar-refractivity contribution in [2.45, 2.75) is 6.92 Å². The monoisotopic (exact) mass is 281 g/mol. The molecule has 0 amide bonds. The average Bonchev–Trinajstić information content (AvgIpc) is 2.86. The van der Waals surface area contributed by atoms with Gasteiger partial charge in [0, 0.05) is 6.21 Å². The molecule has 0 saturated carbocycles. The molecular weight excluding hydrogens is 266 g/mol. The Bertz CT molecular complexity index is 829. The first-order chi connectivity index (χ1) is 10.2. The summed E-state index contributed by atoms with van der Waals surface area (Å²) in [6, 6.07) is 13.2. The molecule has 0 unspecified atom stereocenters. The number of nitrogens with one attached hydrogen (secondary N) is 2. The lowest BCUT2D eigenvalue weighted by atomic mass is 10.2. The van der Waals surface area contributed by atoms with Gasteiger partial charge < -0.3 is 14.7 Å². The lowest BCUT2D eigenvalue weighted by Crippen LogP contribution is -1.99. The number of aromatic nitrogens is 2. The van der Waals surface area contributed by atoms with Gasteiger partial charge in [-0.05, 0) is 55.0 Å². The summed E-state index contributed by atoms with van der Waals surface area (Å²) in [5.74, 6) is 0.848. The first-order valence-corrected chi connectivity index (χ1v) is 6.73. The molecule has 1 aromatic heterocycles. The van der Waals surface area contributed by atoms with E-state index in [2.05, 4.69) is 15.0 Å². The van der Waals surface area contributed by atoms with Gasteiger partial charge in [0.25, 0.3) is 0 Å². The van der Waals surface area contributed by atoms with Crippen molar-refractivity contribution in [2.24, 2.45) is 4.99 Å². The van der Waals surface area contributed by atoms with Crippen LogP contribution in [0.5, 0.6) is 5.75 Å². The van der Waals surface area contributed by atoms with Crippen molar-refractivity contribution in [3.8, 4) is 5.75 Å². The Kier molecular flexibility index (Phi) is 3.55. The maximum Gasteiger partial charge on any atom is 0.323 e. The van der Waals surface area contributed by atoms with Gasteiger partial charge in [-0.2, -0.15) is 0 Å². The van der Waals surface area contributed by atoms with Crippen LogP contribution in [0.15, 0.2) is 52.3 Å². The van der Waals surface area contributed by atoms with E-state index in [1.165, 1.54) is 0 Å². The highest BCUT2D eigenvalue weighted by atomic mass is 16.5. The van der Waals surface area contributed by atoms with Gasteiger partial charge in [-0.15, -0.1) is 0 Å². The number of rotatable bonds is 4. The van der Waals surface area contributed by atoms with Crippen molar-refractivity contribution in [2.75, 3.05) is 6.61 Å². The first-order valence-electron chi connectivity index (χ1n) is 6.73. The molecule has 2 aromatic carbocycles. The molecule has 0 spiro atoms. The summed E-state index contributed by atoms with van der Waals surface area (Å²) in [5.41, 5.74) is 3.09. The van der Waals surface area contributed by atoms with Crippen molar-refractivity contribution in [1.82, 2.24) is 9.97 Å². The number of ether oxygens (including phenoxy) is 1. The minimum atomic E-state index is -0.211. The summed E-state index contributed by atoms with van der Waals surface area (Å²) in [6.45, 7) is 2.61. The van der Waals surface area contributed by atoms with Gasteiger partial charge >= 0.3 is 5.69 Å². The molecule has 2 N–H and O–H groups in total. The Balaban J connectivity index is 1.81. The highest BCUT2D eigenvalue weighted by molar-refractivity contribution is 5.84. The standard InChI is InChI=1S/C16H15N3O2/c1-2-21-13-6-3-11(4-7-13)10-17-12-5-8-14-15(9-12)19-16(20)18-14/h3-10H,2H2,1H3,(H2,18,19,20). The Morgan fingerprint density at radius 2 is 1.86 bits per heavy atom. The molecule has 3 rings (SSSR count). The number of aliphatic imine (C=N–C) groups is 1. The van der Waals surface area contributed by atoms with Crippen LogP contribution in [0.1, 0.15) is 12.5 Å². The third-order valence-corrected chi connectivity index (χ3v) is 3.05. The van der Waals surface area contributed by atoms with E-state index >= 15 is 0 Å². The molecule has 0 radical (unpaired) electrons. The van der Waals surface area contributed by atoms with Crippen LogP contribution < -0.4 is 10.4 Å². The maximum atomic E-state index is 11.2. The SMILES string of the molecule is CCOc1ccc(C=Nc2ccc3[nH]c(=O)[nH]c3c2)cc1. The quantitative estimate of drug-likeness (QED) is 0.722. The average molecular weight is 281 g/mol. The molecule has 0 saturated heterocycles. The molecule has 0 atom stereocenters. The van der Waals surface area contributed by atoms with Crippen LogP contribution in [0.25, 0.3) is 11.0 Å². The van der Waals surface area contributed by atoms with Crippen molar-refractivity contribution in [1.29, 1.82) is 0 Å². The third kappa shape index (κ3) is 3.02. The Hall–Kier alpha value is -2.82. The summed E-state index contributed by atoms with van der Waals surface area (Å²) in [6.07, 6.45) is 1.78. The van der Waals surface area contributed by atoms with Crippen LogP contribution in [0.3, 0.4) is 0 Å². The van der Waals surface area contributed by atoms with Gasteiger partial charge in [-0.25, -0.2) is 4.79 Å². The molecule has 5 nitrogen and oxygen atoms in total. The number of imidazole rings is 1. The number of fused-ring (bicyclic) bond motifs is 1. The molecule has 5 heteroatoms. The lowest BCUT2D eigenvalue weighted by molar-refractivity contribution is 0.340. The number of nitrogens with zero attached hydrogens (tertiary/aromatic N) is 1. The smallest absolute Gasteiger partial charge is 0.323 e. The zero-order chi connectivity index (χ0) is 14.7. The van der Waals surface area contributed by atoms with Gasteiger partial charge in [0.1, 0.15) is 5.75 Å². The fraction of sp³-hybridized carbons (Fsp3) is 0.125. The van der Waals surface area contributed by atoms with E-state index < -0.39 is 0 Å². The van der Waals surface area contributed by atoms with Crippen molar-refractivity contribution < 1.29 is 4.74 Å². The zero-order valence-corrected chi connectivity index (χ0v) is 11.6. The van der Waals surface area contributed by atoms with Crippen LogP contribution >= 0.6 is 0 Å². The summed E-state index contributed by atoms with van der Waals surface area (Å²) >= 11 is 0. The molecule has 0 aliphatic heterocycles. The van der Waals surface area contributed by atoms with Gasteiger partial charge in [-0.3, -0.25) is 4.99 Å². The van der Waals surface area contributed by atoms with E-state index in [1.54, 1.807) is 6.21 Å². The topological polar surface area (TPSA) is 70.2 Å².